The molecule has 1 aromatic carbocycles. The van der Waals surface area contributed by atoms with Crippen LogP contribution in [0.2, 0.25) is 0 Å². The Labute approximate surface area is 260 Å². The summed E-state index contributed by atoms with van der Waals surface area (Å²) >= 11 is 0. The molecule has 1 atom stereocenters. The second-order valence-corrected chi connectivity index (χ2v) is 11.2. The number of hydrogen-bond donors (Lipinski definition) is 1. The minimum absolute atomic E-state index is 0.0580. The summed E-state index contributed by atoms with van der Waals surface area (Å²) in [6.45, 7) is 11.1. The van der Waals surface area contributed by atoms with Crippen molar-refractivity contribution in [3.8, 4) is 0 Å². The fourth-order valence-corrected chi connectivity index (χ4v) is 4.18. The van der Waals surface area contributed by atoms with E-state index in [1.54, 1.807) is 11.8 Å². The Morgan fingerprint density at radius 2 is 1.52 bits per heavy atom. The average Bonchev–Trinajstić information content (AvgIpc) is 2.99. The van der Waals surface area contributed by atoms with Crippen LogP contribution in [0.1, 0.15) is 46.1 Å². The number of esters is 2. The van der Waals surface area contributed by atoms with Crippen molar-refractivity contribution in [1.29, 1.82) is 0 Å². The molecular weight excluding hydrogens is 574 g/mol. The SMILES string of the molecule is CCC(=O)OCC1CN(C(=O)CCOCCOCCOCCNC(=O)OCc2ccccc2)CCN1CC(=O)OC(C)(C)C. The summed E-state index contributed by atoms with van der Waals surface area (Å²) in [7, 11) is 0. The lowest BCUT2D eigenvalue weighted by Gasteiger charge is -2.40. The lowest BCUT2D eigenvalue weighted by Crippen LogP contribution is -2.58. The number of hydrogen-bond acceptors (Lipinski definition) is 11. The molecule has 44 heavy (non-hydrogen) atoms. The first-order valence-electron chi connectivity index (χ1n) is 15.1. The molecule has 1 saturated heterocycles. The maximum Gasteiger partial charge on any atom is 0.407 e. The van der Waals surface area contributed by atoms with Gasteiger partial charge in [0.2, 0.25) is 5.91 Å². The summed E-state index contributed by atoms with van der Waals surface area (Å²) in [4.78, 5) is 52.2. The van der Waals surface area contributed by atoms with Crippen molar-refractivity contribution in [2.24, 2.45) is 0 Å². The molecule has 0 aliphatic carbocycles. The largest absolute Gasteiger partial charge is 0.464 e. The van der Waals surface area contributed by atoms with Crippen LogP contribution in [-0.4, -0.2) is 124 Å². The van der Waals surface area contributed by atoms with Crippen LogP contribution in [0.15, 0.2) is 30.3 Å². The Balaban J connectivity index is 1.53. The Hall–Kier alpha value is -3.26. The number of ether oxygens (including phenoxy) is 6. The third kappa shape index (κ3) is 16.6. The molecule has 1 aromatic rings. The van der Waals surface area contributed by atoms with Crippen LogP contribution < -0.4 is 5.32 Å². The third-order valence-electron chi connectivity index (χ3n) is 6.37. The van der Waals surface area contributed by atoms with E-state index in [2.05, 4.69) is 5.32 Å². The first-order valence-corrected chi connectivity index (χ1v) is 15.1. The third-order valence-corrected chi connectivity index (χ3v) is 6.37. The summed E-state index contributed by atoms with van der Waals surface area (Å²) in [5.41, 5.74) is 0.317. The number of rotatable bonds is 19. The maximum absolute atomic E-state index is 12.8. The standard InChI is InChI=1S/C31H49N3O10/c1-5-28(36)42-24-26-21-34(14-13-33(26)22-29(37)44-31(2,3)4)27(35)11-15-39-17-19-41-20-18-40-16-12-32-30(38)43-23-25-9-7-6-8-10-25/h6-10,26H,5,11-24H2,1-4H3,(H,32,38). The van der Waals surface area contributed by atoms with E-state index in [-0.39, 0.29) is 63.1 Å². The van der Waals surface area contributed by atoms with Gasteiger partial charge in [-0.3, -0.25) is 19.3 Å². The average molecular weight is 624 g/mol. The van der Waals surface area contributed by atoms with E-state index in [0.717, 1.165) is 5.56 Å². The Bertz CT molecular complexity index is 1000. The molecular formula is C31H49N3O10. The molecule has 1 unspecified atom stereocenters. The summed E-state index contributed by atoms with van der Waals surface area (Å²) in [5.74, 6) is -0.762. The van der Waals surface area contributed by atoms with Crippen molar-refractivity contribution in [3.63, 3.8) is 0 Å². The lowest BCUT2D eigenvalue weighted by molar-refractivity contribution is -0.158. The Kier molecular flexibility index (Phi) is 17.3. The molecule has 1 fully saturated rings. The first kappa shape index (κ1) is 36.9. The van der Waals surface area contributed by atoms with E-state index in [9.17, 15) is 19.2 Å². The van der Waals surface area contributed by atoms with Gasteiger partial charge in [-0.2, -0.15) is 0 Å². The van der Waals surface area contributed by atoms with Crippen LogP contribution in [0.4, 0.5) is 4.79 Å². The van der Waals surface area contributed by atoms with Crippen molar-refractivity contribution >= 4 is 23.9 Å². The van der Waals surface area contributed by atoms with E-state index in [1.165, 1.54) is 0 Å². The molecule has 0 aromatic heterocycles. The monoisotopic (exact) mass is 623 g/mol. The van der Waals surface area contributed by atoms with Gasteiger partial charge >= 0.3 is 18.0 Å². The van der Waals surface area contributed by atoms with E-state index < -0.39 is 11.7 Å². The molecule has 1 aliphatic rings. The highest BCUT2D eigenvalue weighted by molar-refractivity contribution is 5.76. The van der Waals surface area contributed by atoms with Crippen LogP contribution in [0, 0.1) is 0 Å². The molecule has 1 N–H and O–H groups in total. The van der Waals surface area contributed by atoms with Gasteiger partial charge in [0.05, 0.1) is 58.6 Å². The molecule has 1 heterocycles. The predicted octanol–water partition coefficient (Wildman–Crippen LogP) is 2.16. The second-order valence-electron chi connectivity index (χ2n) is 11.2. The number of carbonyl (C=O) groups excluding carboxylic acids is 4. The highest BCUT2D eigenvalue weighted by atomic mass is 16.6. The molecule has 248 valence electrons. The molecule has 1 aliphatic heterocycles. The van der Waals surface area contributed by atoms with Crippen molar-refractivity contribution in [2.45, 2.75) is 58.8 Å². The maximum atomic E-state index is 12.8. The minimum Gasteiger partial charge on any atom is -0.464 e. The van der Waals surface area contributed by atoms with Gasteiger partial charge in [0.1, 0.15) is 18.8 Å². The first-order chi connectivity index (χ1) is 21.1. The number of amides is 2. The van der Waals surface area contributed by atoms with Gasteiger partial charge in [0.15, 0.2) is 0 Å². The molecule has 0 radical (unpaired) electrons. The molecule has 2 rings (SSSR count). The number of alkyl carbamates (subject to hydrolysis) is 1. The van der Waals surface area contributed by atoms with Gasteiger partial charge in [-0.25, -0.2) is 4.79 Å². The predicted molar refractivity (Wildman–Crippen MR) is 161 cm³/mol. The quantitative estimate of drug-likeness (QED) is 0.138. The van der Waals surface area contributed by atoms with Crippen molar-refractivity contribution in [1.82, 2.24) is 15.1 Å². The van der Waals surface area contributed by atoms with E-state index >= 15 is 0 Å². The van der Waals surface area contributed by atoms with Crippen LogP contribution in [0.5, 0.6) is 0 Å². The fraction of sp³-hybridized carbons (Fsp3) is 0.677. The molecule has 0 bridgehead atoms. The molecule has 2 amide bonds. The zero-order valence-electron chi connectivity index (χ0n) is 26.5. The minimum atomic E-state index is -0.600. The number of nitrogens with one attached hydrogen (secondary N) is 1. The zero-order chi connectivity index (χ0) is 32.2. The molecule has 0 spiro atoms. The van der Waals surface area contributed by atoms with E-state index in [4.69, 9.17) is 28.4 Å². The lowest BCUT2D eigenvalue weighted by atomic mass is 10.1. The van der Waals surface area contributed by atoms with Gasteiger partial charge in [-0.15, -0.1) is 0 Å². The normalized spacial score (nSPS) is 15.5. The highest BCUT2D eigenvalue weighted by Crippen LogP contribution is 2.14. The van der Waals surface area contributed by atoms with E-state index in [1.807, 2.05) is 56.0 Å². The summed E-state index contributed by atoms with van der Waals surface area (Å²) in [5, 5.41) is 2.62. The van der Waals surface area contributed by atoms with Gasteiger partial charge in [0, 0.05) is 32.6 Å². The molecule has 0 saturated carbocycles. The van der Waals surface area contributed by atoms with Crippen molar-refractivity contribution < 1.29 is 47.6 Å². The zero-order valence-corrected chi connectivity index (χ0v) is 26.5. The molecule has 13 heteroatoms. The smallest absolute Gasteiger partial charge is 0.407 e. The van der Waals surface area contributed by atoms with Crippen LogP contribution in [0.25, 0.3) is 0 Å². The van der Waals surface area contributed by atoms with Crippen LogP contribution in [0.3, 0.4) is 0 Å². The topological polar surface area (TPSA) is 142 Å². The molecule has 13 nitrogen and oxygen atoms in total. The van der Waals surface area contributed by atoms with Crippen molar-refractivity contribution in [2.75, 3.05) is 79.0 Å². The second kappa shape index (κ2) is 20.7. The Morgan fingerprint density at radius 1 is 0.864 bits per heavy atom. The number of benzene rings is 1. The van der Waals surface area contributed by atoms with Gasteiger partial charge in [0.25, 0.3) is 0 Å². The highest BCUT2D eigenvalue weighted by Gasteiger charge is 2.32. The number of piperazine rings is 1. The van der Waals surface area contributed by atoms with Gasteiger partial charge in [-0.1, -0.05) is 37.3 Å². The number of nitrogens with zero attached hydrogens (tertiary/aromatic N) is 2. The van der Waals surface area contributed by atoms with Gasteiger partial charge < -0.3 is 38.6 Å². The van der Waals surface area contributed by atoms with Crippen LogP contribution >= 0.6 is 0 Å². The van der Waals surface area contributed by atoms with Gasteiger partial charge in [-0.05, 0) is 26.3 Å². The number of carbonyl (C=O) groups is 4. The summed E-state index contributed by atoms with van der Waals surface area (Å²) < 4.78 is 32.3. The summed E-state index contributed by atoms with van der Waals surface area (Å²) in [6.07, 6.45) is -0.0414. The fourth-order valence-electron chi connectivity index (χ4n) is 4.18. The van der Waals surface area contributed by atoms with Crippen LogP contribution in [-0.2, 0) is 49.4 Å². The Morgan fingerprint density at radius 3 is 2.18 bits per heavy atom. The van der Waals surface area contributed by atoms with Crippen molar-refractivity contribution in [3.05, 3.63) is 35.9 Å². The summed E-state index contributed by atoms with van der Waals surface area (Å²) in [6, 6.07) is 9.12. The van der Waals surface area contributed by atoms with E-state index in [0.29, 0.717) is 59.2 Å².